The van der Waals surface area contributed by atoms with Crippen LogP contribution in [0.25, 0.3) is 75.4 Å². The Morgan fingerprint density at radius 2 is 0.821 bits per heavy atom. The van der Waals surface area contributed by atoms with Crippen molar-refractivity contribution in [2.24, 2.45) is 0 Å². The van der Waals surface area contributed by atoms with Gasteiger partial charge in [0.25, 0.3) is 0 Å². The number of benzene rings is 8. The summed E-state index contributed by atoms with van der Waals surface area (Å²) in [6.07, 6.45) is -1.36. The van der Waals surface area contributed by atoms with Crippen molar-refractivity contribution in [3.8, 4) is 34.5 Å². The molecule has 8 rings (SSSR count). The fraction of sp³-hybridized carbons (Fsp3) is 0.263. The third-order valence-corrected chi connectivity index (χ3v) is 14.5. The zero-order valence-corrected chi connectivity index (χ0v) is 36.1. The number of fused-ring (bicyclic) bond motifs is 2. The van der Waals surface area contributed by atoms with E-state index in [1.165, 1.54) is 0 Å². The van der Waals surface area contributed by atoms with Crippen LogP contribution < -0.4 is 10.9 Å². The summed E-state index contributed by atoms with van der Waals surface area (Å²) in [5, 5.41) is 80.5. The van der Waals surface area contributed by atoms with Gasteiger partial charge in [0.05, 0.1) is 42.7 Å². The molecule has 13 nitrogen and oxygen atoms in total. The highest BCUT2D eigenvalue weighted by Gasteiger charge is 2.37. The van der Waals surface area contributed by atoms with E-state index in [1.54, 1.807) is 6.92 Å². The second-order valence-corrected chi connectivity index (χ2v) is 18.2. The monoisotopic (exact) mass is 1040 g/mol. The summed E-state index contributed by atoms with van der Waals surface area (Å²) in [7, 11) is -5.02. The molecule has 0 saturated heterocycles. The second-order valence-electron chi connectivity index (χ2n) is 14.0. The lowest BCUT2D eigenvalue weighted by Crippen LogP contribution is -2.21. The van der Waals surface area contributed by atoms with E-state index in [-0.39, 0.29) is 118 Å². The van der Waals surface area contributed by atoms with Crippen LogP contribution in [0.1, 0.15) is 50.7 Å². The first-order valence-corrected chi connectivity index (χ1v) is 21.7. The first kappa shape index (κ1) is 39.3. The number of aliphatic hydroxyl groups is 1. The van der Waals surface area contributed by atoms with E-state index in [9.17, 15) is 58.3 Å². The normalized spacial score (nSPS) is 14.1. The number of rotatable bonds is 10. The molecule has 0 aliphatic rings. The summed E-state index contributed by atoms with van der Waals surface area (Å²) >= 11 is 13.2. The first-order chi connectivity index (χ1) is 26.3. The van der Waals surface area contributed by atoms with Gasteiger partial charge in [0.15, 0.2) is 0 Å². The van der Waals surface area contributed by atoms with Crippen molar-refractivity contribution in [1.82, 2.24) is 0 Å². The summed E-state index contributed by atoms with van der Waals surface area (Å²) < 4.78 is 38.3. The van der Waals surface area contributed by atoms with Gasteiger partial charge in [-0.25, -0.2) is 4.18 Å². The maximum absolute atomic E-state index is 14.9. The van der Waals surface area contributed by atoms with Crippen LogP contribution in [0, 0.1) is 0 Å². The summed E-state index contributed by atoms with van der Waals surface area (Å²) in [6, 6.07) is 0. The van der Waals surface area contributed by atoms with Crippen molar-refractivity contribution >= 4 is 150 Å². The number of aliphatic hydroxyl groups excluding tert-OH is 1. The van der Waals surface area contributed by atoms with Gasteiger partial charge >= 0.3 is 10.4 Å². The molecule has 292 valence electrons. The Kier molecular flexibility index (Phi) is 9.32. The molecule has 8 aromatic carbocycles. The molecule has 0 aromatic heterocycles. The Hall–Kier alpha value is -3.49. The third-order valence-electron chi connectivity index (χ3n) is 10.8. The van der Waals surface area contributed by atoms with Gasteiger partial charge in [-0.3, -0.25) is 14.1 Å². The number of hydrogen-bond donors (Lipinski definition) is 8. The predicted octanol–water partition coefficient (Wildman–Crippen LogP) is 8.75. The number of phenols is 6. The van der Waals surface area contributed by atoms with Crippen LogP contribution >= 0.6 is 63.7 Å². The van der Waals surface area contributed by atoms with Crippen LogP contribution in [0.5, 0.6) is 34.5 Å². The van der Waals surface area contributed by atoms with Crippen LogP contribution in [0.2, 0.25) is 0 Å². The molecule has 0 aliphatic carbocycles. The van der Waals surface area contributed by atoms with Crippen LogP contribution in [-0.4, -0.2) is 60.9 Å². The van der Waals surface area contributed by atoms with Crippen molar-refractivity contribution in [3.05, 3.63) is 49.5 Å². The lowest BCUT2D eigenvalue weighted by atomic mass is 9.76. The molecule has 8 aromatic rings. The third kappa shape index (κ3) is 5.12. The lowest BCUT2D eigenvalue weighted by molar-refractivity contribution is 0.164. The van der Waals surface area contributed by atoms with Gasteiger partial charge < -0.3 is 35.7 Å². The molecule has 0 saturated carbocycles. The first-order valence-electron chi connectivity index (χ1n) is 17.2. The van der Waals surface area contributed by atoms with Crippen LogP contribution in [-0.2, 0) is 27.4 Å². The standard InChI is InChI=1S/C38H28Br4O13S/c1-3-5-9(43)7-11-13-14-12(8-10(6-4-2)55-56(52,53)54)28(40)36(49)24-16(14)18-17-15(13)23(35(48)27(11)39)31(44)25-19(17)21(33(46)29(41)37(25)50)22-20(18)26(32(24)45)38(51)30(42)34(22)47/h9-10,43,46-51H,3-8H2,1-2H3,(H,52,53,54). The molecule has 0 bridgehead atoms. The van der Waals surface area contributed by atoms with Gasteiger partial charge in [-0.2, -0.15) is 8.42 Å². The Morgan fingerprint density at radius 1 is 0.500 bits per heavy atom. The zero-order chi connectivity index (χ0) is 40.8. The maximum atomic E-state index is 14.9. The minimum absolute atomic E-state index is 0.0127. The van der Waals surface area contributed by atoms with E-state index < -0.39 is 73.3 Å². The van der Waals surface area contributed by atoms with Gasteiger partial charge in [0.1, 0.15) is 43.4 Å². The minimum Gasteiger partial charge on any atom is -0.506 e. The predicted molar refractivity (Wildman–Crippen MR) is 227 cm³/mol. The highest BCUT2D eigenvalue weighted by Crippen LogP contribution is 2.61. The Morgan fingerprint density at radius 3 is 1.20 bits per heavy atom. The largest absolute Gasteiger partial charge is 0.506 e. The van der Waals surface area contributed by atoms with Crippen molar-refractivity contribution in [2.45, 2.75) is 64.6 Å². The van der Waals surface area contributed by atoms with Gasteiger partial charge in [0, 0.05) is 55.9 Å². The molecule has 2 unspecified atom stereocenters. The molecule has 0 fully saturated rings. The molecule has 8 N–H and O–H groups in total. The van der Waals surface area contributed by atoms with Crippen LogP contribution in [0.3, 0.4) is 0 Å². The number of hydrogen-bond acceptors (Lipinski definition) is 12. The highest BCUT2D eigenvalue weighted by molar-refractivity contribution is 9.11. The van der Waals surface area contributed by atoms with Gasteiger partial charge in [-0.15, -0.1) is 0 Å². The van der Waals surface area contributed by atoms with E-state index in [4.69, 9.17) is 4.18 Å². The van der Waals surface area contributed by atoms with Crippen molar-refractivity contribution in [3.63, 3.8) is 0 Å². The van der Waals surface area contributed by atoms with Crippen LogP contribution in [0.4, 0.5) is 0 Å². The molecule has 18 heteroatoms. The zero-order valence-electron chi connectivity index (χ0n) is 28.9. The maximum Gasteiger partial charge on any atom is 0.397 e. The van der Waals surface area contributed by atoms with E-state index >= 15 is 0 Å². The summed E-state index contributed by atoms with van der Waals surface area (Å²) in [4.78, 5) is 29.7. The molecule has 0 spiro atoms. The molecule has 2 atom stereocenters. The molecule has 0 radical (unpaired) electrons. The Bertz CT molecular complexity index is 3250. The molecule has 56 heavy (non-hydrogen) atoms. The van der Waals surface area contributed by atoms with E-state index in [1.807, 2.05) is 6.92 Å². The highest BCUT2D eigenvalue weighted by atomic mass is 79.9. The van der Waals surface area contributed by atoms with Crippen LogP contribution in [0.15, 0.2) is 27.5 Å². The van der Waals surface area contributed by atoms with Crippen molar-refractivity contribution < 1.29 is 52.9 Å². The molecule has 0 amide bonds. The Labute approximate surface area is 348 Å². The number of aromatic hydroxyl groups is 6. The van der Waals surface area contributed by atoms with Gasteiger partial charge in [-0.05, 0) is 98.5 Å². The van der Waals surface area contributed by atoms with Crippen molar-refractivity contribution in [2.75, 3.05) is 0 Å². The molecule has 0 aliphatic heterocycles. The summed E-state index contributed by atoms with van der Waals surface area (Å²) in [5.41, 5.74) is -1.40. The lowest BCUT2D eigenvalue weighted by Gasteiger charge is -2.28. The average Bonchev–Trinajstić information content (AvgIpc) is 3.12. The molecule has 0 heterocycles. The average molecular weight is 1040 g/mol. The summed E-state index contributed by atoms with van der Waals surface area (Å²) in [5.74, 6) is -3.86. The van der Waals surface area contributed by atoms with E-state index in [0.717, 1.165) is 0 Å². The number of halogens is 4. The fourth-order valence-corrected chi connectivity index (χ4v) is 11.2. The smallest absolute Gasteiger partial charge is 0.397 e. The van der Waals surface area contributed by atoms with E-state index in [2.05, 4.69) is 63.7 Å². The molecular weight excluding hydrogens is 1020 g/mol. The number of phenolic OH excluding ortho intramolecular Hbond substituents is 6. The summed E-state index contributed by atoms with van der Waals surface area (Å²) in [6.45, 7) is 3.61. The van der Waals surface area contributed by atoms with Crippen molar-refractivity contribution in [1.29, 1.82) is 0 Å². The van der Waals surface area contributed by atoms with Gasteiger partial charge in [-0.1, -0.05) is 26.7 Å². The second kappa shape index (κ2) is 13.3. The molecular formula is C38H28Br4O13S. The quantitative estimate of drug-likeness (QED) is 0.0364. The topological polar surface area (TPSA) is 239 Å². The fourth-order valence-electron chi connectivity index (χ4n) is 8.78. The minimum atomic E-state index is -5.02. The Balaban J connectivity index is 1.84. The van der Waals surface area contributed by atoms with Gasteiger partial charge in [0.2, 0.25) is 10.9 Å². The van der Waals surface area contributed by atoms with E-state index in [0.29, 0.717) is 19.3 Å². The SMILES string of the molecule is CCCC(O)Cc1c(Br)c(O)c2c(=O)c3c(O)c(Br)c(O)c4c5c(O)c(Br)c(O)c6c(=O)c7c(O)c(Br)c(CC(CCC)OS(=O)(=O)O)c8c1c2c(c34)c(c65)c78.